The normalized spacial score (nSPS) is 15.7. The number of amides is 1. The third kappa shape index (κ3) is 4.30. The van der Waals surface area contributed by atoms with Crippen molar-refractivity contribution in [1.82, 2.24) is 4.90 Å². The highest BCUT2D eigenvalue weighted by Crippen LogP contribution is 2.26. The Hall–Kier alpha value is -1.36. The Bertz CT molecular complexity index is 578. The first-order chi connectivity index (χ1) is 9.76. The summed E-state index contributed by atoms with van der Waals surface area (Å²) in [5.74, 6) is -0.275. The largest absolute Gasteiger partial charge is 0.444 e. The number of carbonyl (C=O) groups excluding carboxylic acids is 1. The first kappa shape index (κ1) is 16.0. The molecule has 0 spiro atoms. The first-order valence-electron chi connectivity index (χ1n) is 6.88. The van der Waals surface area contributed by atoms with E-state index in [9.17, 15) is 9.18 Å². The molecule has 0 fully saturated rings. The lowest BCUT2D eigenvalue weighted by atomic mass is 9.99. The van der Waals surface area contributed by atoms with Crippen LogP contribution in [0.25, 0.3) is 5.57 Å². The summed E-state index contributed by atoms with van der Waals surface area (Å²) in [5, 5.41) is 0. The molecule has 1 amide bonds. The summed E-state index contributed by atoms with van der Waals surface area (Å²) >= 11 is 3.15. The van der Waals surface area contributed by atoms with E-state index in [0.717, 1.165) is 11.1 Å². The van der Waals surface area contributed by atoms with Crippen LogP contribution in [0, 0.1) is 5.82 Å². The monoisotopic (exact) mass is 355 g/mol. The molecule has 0 N–H and O–H groups in total. The number of halogens is 2. The zero-order chi connectivity index (χ0) is 15.6. The molecule has 0 bridgehead atoms. The maximum Gasteiger partial charge on any atom is 0.410 e. The van der Waals surface area contributed by atoms with Gasteiger partial charge in [0.2, 0.25) is 0 Å². The second-order valence-electron chi connectivity index (χ2n) is 6.03. The van der Waals surface area contributed by atoms with Crippen molar-refractivity contribution in [2.45, 2.75) is 32.8 Å². The van der Waals surface area contributed by atoms with Gasteiger partial charge in [0.15, 0.2) is 0 Å². The van der Waals surface area contributed by atoms with Gasteiger partial charge in [-0.05, 0) is 66.4 Å². The molecule has 114 valence electrons. The van der Waals surface area contributed by atoms with E-state index in [1.165, 1.54) is 6.07 Å². The highest BCUT2D eigenvalue weighted by molar-refractivity contribution is 9.10. The molecule has 0 unspecified atom stereocenters. The zero-order valence-electron chi connectivity index (χ0n) is 12.5. The Kier molecular flexibility index (Phi) is 4.71. The summed E-state index contributed by atoms with van der Waals surface area (Å²) in [6.45, 7) is 6.61. The summed E-state index contributed by atoms with van der Waals surface area (Å²) in [6.07, 6.45) is 2.34. The highest BCUT2D eigenvalue weighted by Gasteiger charge is 2.23. The van der Waals surface area contributed by atoms with Crippen LogP contribution in [0.5, 0.6) is 0 Å². The second kappa shape index (κ2) is 6.18. The van der Waals surface area contributed by atoms with Crippen LogP contribution in [0.2, 0.25) is 0 Å². The van der Waals surface area contributed by atoms with E-state index >= 15 is 0 Å². The smallest absolute Gasteiger partial charge is 0.410 e. The highest BCUT2D eigenvalue weighted by atomic mass is 79.9. The van der Waals surface area contributed by atoms with Gasteiger partial charge in [-0.1, -0.05) is 12.1 Å². The molecule has 1 aliphatic rings. The minimum absolute atomic E-state index is 0.275. The van der Waals surface area contributed by atoms with E-state index in [-0.39, 0.29) is 11.9 Å². The molecule has 0 atom stereocenters. The lowest BCUT2D eigenvalue weighted by Gasteiger charge is -2.29. The van der Waals surface area contributed by atoms with E-state index < -0.39 is 5.60 Å². The van der Waals surface area contributed by atoms with Gasteiger partial charge in [-0.25, -0.2) is 9.18 Å². The molecule has 1 aromatic rings. The van der Waals surface area contributed by atoms with Crippen molar-refractivity contribution in [3.05, 3.63) is 40.1 Å². The van der Waals surface area contributed by atoms with E-state index in [0.29, 0.717) is 24.0 Å². The number of hydrogen-bond acceptors (Lipinski definition) is 2. The average Bonchev–Trinajstić information content (AvgIpc) is 2.40. The average molecular weight is 356 g/mol. The van der Waals surface area contributed by atoms with Crippen molar-refractivity contribution < 1.29 is 13.9 Å². The van der Waals surface area contributed by atoms with Crippen molar-refractivity contribution in [1.29, 1.82) is 0 Å². The van der Waals surface area contributed by atoms with Crippen molar-refractivity contribution >= 4 is 27.6 Å². The molecule has 2 rings (SSSR count). The SMILES string of the molecule is CC(C)(C)OC(=O)N1CC=C(c2ccc(Br)c(F)c2)CC1. The number of ether oxygens (including phenoxy) is 1. The van der Waals surface area contributed by atoms with Gasteiger partial charge in [0.05, 0.1) is 4.47 Å². The predicted molar refractivity (Wildman–Crippen MR) is 84.5 cm³/mol. The van der Waals surface area contributed by atoms with Crippen molar-refractivity contribution in [3.63, 3.8) is 0 Å². The summed E-state index contributed by atoms with van der Waals surface area (Å²) in [6, 6.07) is 5.09. The molecule has 0 saturated heterocycles. The molecule has 0 aliphatic carbocycles. The van der Waals surface area contributed by atoms with Gasteiger partial charge in [-0.3, -0.25) is 0 Å². The number of nitrogens with zero attached hydrogens (tertiary/aromatic N) is 1. The maximum atomic E-state index is 13.6. The fraction of sp³-hybridized carbons (Fsp3) is 0.438. The lowest BCUT2D eigenvalue weighted by molar-refractivity contribution is 0.0270. The van der Waals surface area contributed by atoms with Gasteiger partial charge in [-0.15, -0.1) is 0 Å². The molecule has 5 heteroatoms. The van der Waals surface area contributed by atoms with Crippen molar-refractivity contribution in [3.8, 4) is 0 Å². The quantitative estimate of drug-likeness (QED) is 0.735. The molecule has 0 saturated carbocycles. The van der Waals surface area contributed by atoms with E-state index in [2.05, 4.69) is 15.9 Å². The standard InChI is InChI=1S/C16H19BrFNO2/c1-16(2,3)21-15(20)19-8-6-11(7-9-19)12-4-5-13(17)14(18)10-12/h4-6,10H,7-9H2,1-3H3. The summed E-state index contributed by atoms with van der Waals surface area (Å²) < 4.78 is 19.4. The van der Waals surface area contributed by atoms with Gasteiger partial charge < -0.3 is 9.64 Å². The van der Waals surface area contributed by atoms with Gasteiger partial charge in [0.1, 0.15) is 11.4 Å². The topological polar surface area (TPSA) is 29.5 Å². The van der Waals surface area contributed by atoms with Crippen LogP contribution in [-0.2, 0) is 4.74 Å². The summed E-state index contributed by atoms with van der Waals surface area (Å²) in [7, 11) is 0. The van der Waals surface area contributed by atoms with Crippen molar-refractivity contribution in [2.75, 3.05) is 13.1 Å². The fourth-order valence-electron chi connectivity index (χ4n) is 2.12. The van der Waals surface area contributed by atoms with Crippen LogP contribution in [0.4, 0.5) is 9.18 Å². The molecular weight excluding hydrogens is 337 g/mol. The lowest BCUT2D eigenvalue weighted by Crippen LogP contribution is -2.39. The van der Waals surface area contributed by atoms with Gasteiger partial charge in [0, 0.05) is 13.1 Å². The van der Waals surface area contributed by atoms with Crippen LogP contribution < -0.4 is 0 Å². The number of rotatable bonds is 1. The minimum atomic E-state index is -0.490. The van der Waals surface area contributed by atoms with Gasteiger partial charge in [-0.2, -0.15) is 0 Å². The van der Waals surface area contributed by atoms with Crippen LogP contribution in [0.15, 0.2) is 28.7 Å². The maximum absolute atomic E-state index is 13.6. The predicted octanol–water partition coefficient (Wildman–Crippen LogP) is 4.61. The Balaban J connectivity index is 2.05. The Labute approximate surface area is 132 Å². The Morgan fingerprint density at radius 1 is 1.38 bits per heavy atom. The number of carbonyl (C=O) groups is 1. The molecule has 1 heterocycles. The van der Waals surface area contributed by atoms with Gasteiger partial charge in [0.25, 0.3) is 0 Å². The molecule has 1 aromatic carbocycles. The third-order valence-electron chi connectivity index (χ3n) is 3.15. The van der Waals surface area contributed by atoms with E-state index in [1.807, 2.05) is 32.9 Å². The van der Waals surface area contributed by atoms with Crippen LogP contribution in [0.3, 0.4) is 0 Å². The summed E-state index contributed by atoms with van der Waals surface area (Å²) in [4.78, 5) is 13.6. The van der Waals surface area contributed by atoms with E-state index in [4.69, 9.17) is 4.74 Å². The van der Waals surface area contributed by atoms with Gasteiger partial charge >= 0.3 is 6.09 Å². The minimum Gasteiger partial charge on any atom is -0.444 e. The summed E-state index contributed by atoms with van der Waals surface area (Å²) in [5.41, 5.74) is 1.43. The molecule has 3 nitrogen and oxygen atoms in total. The molecule has 0 aromatic heterocycles. The molecular formula is C16H19BrFNO2. The molecule has 21 heavy (non-hydrogen) atoms. The van der Waals surface area contributed by atoms with Crippen LogP contribution in [-0.4, -0.2) is 29.7 Å². The van der Waals surface area contributed by atoms with Crippen LogP contribution in [0.1, 0.15) is 32.8 Å². The second-order valence-corrected chi connectivity index (χ2v) is 6.89. The van der Waals surface area contributed by atoms with E-state index in [1.54, 1.807) is 11.0 Å². The Morgan fingerprint density at radius 3 is 2.62 bits per heavy atom. The van der Waals surface area contributed by atoms with Crippen molar-refractivity contribution in [2.24, 2.45) is 0 Å². The van der Waals surface area contributed by atoms with Crippen LogP contribution >= 0.6 is 15.9 Å². The first-order valence-corrected chi connectivity index (χ1v) is 7.68. The zero-order valence-corrected chi connectivity index (χ0v) is 14.0. The third-order valence-corrected chi connectivity index (χ3v) is 3.79. The molecule has 0 radical (unpaired) electrons. The molecule has 1 aliphatic heterocycles. The Morgan fingerprint density at radius 2 is 2.10 bits per heavy atom. The fourth-order valence-corrected chi connectivity index (χ4v) is 2.37. The number of benzene rings is 1. The number of hydrogen-bond donors (Lipinski definition) is 0.